The highest BCUT2D eigenvalue weighted by atomic mass is 16.5. The molecule has 1 aromatic heterocycles. The van der Waals surface area contributed by atoms with Crippen LogP contribution in [0.25, 0.3) is 0 Å². The number of anilines is 1. The zero-order chi connectivity index (χ0) is 16.8. The molecular weight excluding hydrogens is 300 g/mol. The van der Waals surface area contributed by atoms with Gasteiger partial charge < -0.3 is 24.6 Å². The van der Waals surface area contributed by atoms with Gasteiger partial charge >= 0.3 is 5.97 Å². The lowest BCUT2D eigenvalue weighted by Crippen LogP contribution is -2.06. The molecule has 122 valence electrons. The van der Waals surface area contributed by atoms with E-state index in [1.54, 1.807) is 33.5 Å². The maximum absolute atomic E-state index is 10.9. The van der Waals surface area contributed by atoms with Crippen molar-refractivity contribution in [1.82, 2.24) is 4.98 Å². The maximum atomic E-state index is 10.9. The van der Waals surface area contributed by atoms with E-state index in [0.717, 1.165) is 5.56 Å². The van der Waals surface area contributed by atoms with Gasteiger partial charge in [0.25, 0.3) is 0 Å². The number of nitrogens with one attached hydrogen (secondary N) is 1. The molecule has 0 radical (unpaired) electrons. The minimum Gasteiger partial charge on any atom is -0.493 e. The first-order valence-corrected chi connectivity index (χ1v) is 6.82. The average molecular weight is 318 g/mol. The van der Waals surface area contributed by atoms with Crippen LogP contribution in [0.3, 0.4) is 0 Å². The Balaban J connectivity index is 2.20. The quantitative estimate of drug-likeness (QED) is 0.810. The van der Waals surface area contributed by atoms with Crippen molar-refractivity contribution >= 4 is 11.8 Å². The third-order valence-corrected chi connectivity index (χ3v) is 3.17. The van der Waals surface area contributed by atoms with E-state index in [-0.39, 0.29) is 5.69 Å². The molecule has 0 fully saturated rings. The highest BCUT2D eigenvalue weighted by Gasteiger charge is 2.13. The SMILES string of the molecule is COc1cc(CNc2cccc(C(=O)O)n2)cc(OC)c1OC. The molecule has 0 aliphatic carbocycles. The molecule has 2 rings (SSSR count). The molecule has 1 aromatic carbocycles. The lowest BCUT2D eigenvalue weighted by atomic mass is 10.1. The Kier molecular flexibility index (Phi) is 5.24. The average Bonchev–Trinajstić information content (AvgIpc) is 2.59. The Labute approximate surface area is 133 Å². The minimum atomic E-state index is -1.07. The van der Waals surface area contributed by atoms with Gasteiger partial charge in [-0.2, -0.15) is 0 Å². The lowest BCUT2D eigenvalue weighted by molar-refractivity contribution is 0.0690. The van der Waals surface area contributed by atoms with Gasteiger partial charge in [0.05, 0.1) is 21.3 Å². The Morgan fingerprint density at radius 1 is 1.13 bits per heavy atom. The number of aromatic nitrogens is 1. The summed E-state index contributed by atoms with van der Waals surface area (Å²) < 4.78 is 15.9. The number of rotatable bonds is 7. The van der Waals surface area contributed by atoms with Crippen LogP contribution < -0.4 is 19.5 Å². The molecule has 1 heterocycles. The number of nitrogens with zero attached hydrogens (tertiary/aromatic N) is 1. The molecule has 0 aliphatic rings. The van der Waals surface area contributed by atoms with Crippen molar-refractivity contribution < 1.29 is 24.1 Å². The van der Waals surface area contributed by atoms with Gasteiger partial charge in [-0.05, 0) is 29.8 Å². The summed E-state index contributed by atoms with van der Waals surface area (Å²) in [5.41, 5.74) is 0.863. The number of pyridine rings is 1. The highest BCUT2D eigenvalue weighted by Crippen LogP contribution is 2.38. The van der Waals surface area contributed by atoms with Crippen LogP contribution in [0.15, 0.2) is 30.3 Å². The number of ether oxygens (including phenoxy) is 3. The molecule has 2 N–H and O–H groups in total. The van der Waals surface area contributed by atoms with Gasteiger partial charge in [-0.25, -0.2) is 9.78 Å². The number of carboxylic acids is 1. The number of hydrogen-bond donors (Lipinski definition) is 2. The van der Waals surface area contributed by atoms with Gasteiger partial charge in [-0.15, -0.1) is 0 Å². The largest absolute Gasteiger partial charge is 0.493 e. The van der Waals surface area contributed by atoms with Crippen molar-refractivity contribution in [3.05, 3.63) is 41.6 Å². The number of carboxylic acid groups (broad SMARTS) is 1. The second kappa shape index (κ2) is 7.35. The minimum absolute atomic E-state index is 0.0140. The van der Waals surface area contributed by atoms with E-state index in [1.807, 2.05) is 12.1 Å². The van der Waals surface area contributed by atoms with E-state index >= 15 is 0 Å². The summed E-state index contributed by atoms with van der Waals surface area (Å²) in [5, 5.41) is 12.0. The fraction of sp³-hybridized carbons (Fsp3) is 0.250. The van der Waals surface area contributed by atoms with Gasteiger partial charge in [0.1, 0.15) is 5.82 Å². The number of hydrogen-bond acceptors (Lipinski definition) is 6. The second-order valence-corrected chi connectivity index (χ2v) is 4.60. The second-order valence-electron chi connectivity index (χ2n) is 4.60. The van der Waals surface area contributed by atoms with Crippen LogP contribution in [-0.2, 0) is 6.54 Å². The monoisotopic (exact) mass is 318 g/mol. The molecule has 23 heavy (non-hydrogen) atoms. The smallest absolute Gasteiger partial charge is 0.354 e. The highest BCUT2D eigenvalue weighted by molar-refractivity contribution is 5.85. The number of aromatic carboxylic acids is 1. The summed E-state index contributed by atoms with van der Waals surface area (Å²) in [7, 11) is 4.64. The molecule has 0 atom stereocenters. The molecule has 0 bridgehead atoms. The van der Waals surface area contributed by atoms with Crippen LogP contribution >= 0.6 is 0 Å². The van der Waals surface area contributed by atoms with Gasteiger partial charge in [0, 0.05) is 6.54 Å². The van der Waals surface area contributed by atoms with Crippen LogP contribution in [0.4, 0.5) is 5.82 Å². The number of benzene rings is 1. The normalized spacial score (nSPS) is 10.0. The van der Waals surface area contributed by atoms with Crippen LogP contribution in [-0.4, -0.2) is 37.4 Å². The zero-order valence-electron chi connectivity index (χ0n) is 13.1. The molecule has 7 nitrogen and oxygen atoms in total. The first-order chi connectivity index (χ1) is 11.1. The summed E-state index contributed by atoms with van der Waals surface area (Å²) in [6, 6.07) is 8.40. The maximum Gasteiger partial charge on any atom is 0.354 e. The molecule has 0 aliphatic heterocycles. The molecular formula is C16H18N2O5. The summed E-state index contributed by atoms with van der Waals surface area (Å²) in [6.07, 6.45) is 0. The zero-order valence-corrected chi connectivity index (χ0v) is 13.1. The predicted molar refractivity (Wildman–Crippen MR) is 84.6 cm³/mol. The Hall–Kier alpha value is -2.96. The van der Waals surface area contributed by atoms with Crippen molar-refractivity contribution in [3.8, 4) is 17.2 Å². The molecule has 0 saturated heterocycles. The summed E-state index contributed by atoms with van der Waals surface area (Å²) in [4.78, 5) is 14.9. The van der Waals surface area contributed by atoms with Crippen LogP contribution in [0.2, 0.25) is 0 Å². The van der Waals surface area contributed by atoms with Gasteiger partial charge in [0.2, 0.25) is 5.75 Å². The first kappa shape index (κ1) is 16.4. The third-order valence-electron chi connectivity index (χ3n) is 3.17. The molecule has 2 aromatic rings. The van der Waals surface area contributed by atoms with Crippen LogP contribution in [0, 0.1) is 0 Å². The van der Waals surface area contributed by atoms with E-state index in [4.69, 9.17) is 19.3 Å². The van der Waals surface area contributed by atoms with Crippen molar-refractivity contribution in [3.63, 3.8) is 0 Å². The van der Waals surface area contributed by atoms with Gasteiger partial charge in [-0.1, -0.05) is 6.07 Å². The predicted octanol–water partition coefficient (Wildman–Crippen LogP) is 2.42. The van der Waals surface area contributed by atoms with E-state index in [1.165, 1.54) is 6.07 Å². The number of methoxy groups -OCH3 is 3. The van der Waals surface area contributed by atoms with E-state index in [0.29, 0.717) is 29.6 Å². The summed E-state index contributed by atoms with van der Waals surface area (Å²) >= 11 is 0. The van der Waals surface area contributed by atoms with E-state index in [9.17, 15) is 4.79 Å². The summed E-state index contributed by atoms with van der Waals surface area (Å²) in [5.74, 6) is 1.02. The molecule has 0 saturated carbocycles. The van der Waals surface area contributed by atoms with Gasteiger partial charge in [0.15, 0.2) is 17.2 Å². The third kappa shape index (κ3) is 3.82. The van der Waals surface area contributed by atoms with Crippen molar-refractivity contribution in [2.45, 2.75) is 6.54 Å². The molecule has 0 unspecified atom stereocenters. The fourth-order valence-electron chi connectivity index (χ4n) is 2.08. The Bertz CT molecular complexity index is 678. The van der Waals surface area contributed by atoms with Crippen LogP contribution in [0.5, 0.6) is 17.2 Å². The molecule has 7 heteroatoms. The Morgan fingerprint density at radius 3 is 2.30 bits per heavy atom. The van der Waals surface area contributed by atoms with E-state index in [2.05, 4.69) is 10.3 Å². The van der Waals surface area contributed by atoms with Crippen LogP contribution in [0.1, 0.15) is 16.1 Å². The molecule has 0 amide bonds. The standard InChI is InChI=1S/C16H18N2O5/c1-21-12-7-10(8-13(22-2)15(12)23-3)9-17-14-6-4-5-11(18-14)16(19)20/h4-8H,9H2,1-3H3,(H,17,18)(H,19,20). The number of carbonyl (C=O) groups is 1. The van der Waals surface area contributed by atoms with Gasteiger partial charge in [-0.3, -0.25) is 0 Å². The summed E-state index contributed by atoms with van der Waals surface area (Å²) in [6.45, 7) is 0.423. The Morgan fingerprint density at radius 2 is 1.78 bits per heavy atom. The lowest BCUT2D eigenvalue weighted by Gasteiger charge is -2.14. The fourth-order valence-corrected chi connectivity index (χ4v) is 2.08. The first-order valence-electron chi connectivity index (χ1n) is 6.82. The van der Waals surface area contributed by atoms with Crippen molar-refractivity contribution in [2.24, 2.45) is 0 Å². The molecule has 0 spiro atoms. The van der Waals surface area contributed by atoms with E-state index < -0.39 is 5.97 Å². The van der Waals surface area contributed by atoms with Crippen molar-refractivity contribution in [2.75, 3.05) is 26.6 Å². The topological polar surface area (TPSA) is 89.9 Å². The van der Waals surface area contributed by atoms with Crippen molar-refractivity contribution in [1.29, 1.82) is 0 Å².